The number of hydrazine groups is 1. The van der Waals surface area contributed by atoms with Gasteiger partial charge in [0.1, 0.15) is 17.8 Å². The summed E-state index contributed by atoms with van der Waals surface area (Å²) in [6, 6.07) is 0. The van der Waals surface area contributed by atoms with Gasteiger partial charge in [-0.1, -0.05) is 20.3 Å². The lowest BCUT2D eigenvalue weighted by Gasteiger charge is -2.29. The zero-order valence-electron chi connectivity index (χ0n) is 9.32. The van der Waals surface area contributed by atoms with Crippen LogP contribution in [0.2, 0.25) is 0 Å². The summed E-state index contributed by atoms with van der Waals surface area (Å²) in [5.74, 6) is 7.69. The Hall–Kier alpha value is -0.900. The van der Waals surface area contributed by atoms with Gasteiger partial charge in [-0.25, -0.2) is 15.8 Å². The third-order valence-electron chi connectivity index (χ3n) is 2.30. The molecule has 0 aromatic carbocycles. The van der Waals surface area contributed by atoms with Crippen molar-refractivity contribution in [3.63, 3.8) is 0 Å². The molecule has 1 heterocycles. The molecule has 1 rings (SSSR count). The first kappa shape index (κ1) is 11.2. The molecule has 4 heteroatoms. The minimum absolute atomic E-state index is 0.0963. The molecule has 0 aliphatic carbocycles. The molecule has 1 aliphatic heterocycles. The Kier molecular flexibility index (Phi) is 4.07. The van der Waals surface area contributed by atoms with Gasteiger partial charge in [0.25, 0.3) is 0 Å². The van der Waals surface area contributed by atoms with Crippen LogP contribution in [0.15, 0.2) is 9.98 Å². The quantitative estimate of drug-likeness (QED) is 0.698. The van der Waals surface area contributed by atoms with Gasteiger partial charge < -0.3 is 0 Å². The van der Waals surface area contributed by atoms with Gasteiger partial charge in [0.15, 0.2) is 0 Å². The molecular formula is C10H20N4. The van der Waals surface area contributed by atoms with Crippen LogP contribution in [0.4, 0.5) is 0 Å². The Balaban J connectivity index is 2.72. The van der Waals surface area contributed by atoms with Crippen molar-refractivity contribution in [1.82, 2.24) is 5.01 Å². The van der Waals surface area contributed by atoms with Crippen molar-refractivity contribution < 1.29 is 0 Å². The molecule has 4 nitrogen and oxygen atoms in total. The smallest absolute Gasteiger partial charge is 0.138 e. The third kappa shape index (κ3) is 2.54. The van der Waals surface area contributed by atoms with Crippen LogP contribution < -0.4 is 5.84 Å². The summed E-state index contributed by atoms with van der Waals surface area (Å²) in [5, 5.41) is 1.67. The Morgan fingerprint density at radius 1 is 1.36 bits per heavy atom. The lowest BCUT2D eigenvalue weighted by Crippen LogP contribution is -2.46. The fraction of sp³-hybridized carbons (Fsp3) is 0.800. The molecule has 14 heavy (non-hydrogen) atoms. The highest BCUT2D eigenvalue weighted by molar-refractivity contribution is 5.97. The number of hydrogen-bond acceptors (Lipinski definition) is 4. The highest BCUT2D eigenvalue weighted by Crippen LogP contribution is 2.13. The summed E-state index contributed by atoms with van der Waals surface area (Å²) in [6.07, 6.45) is 4.22. The first-order chi connectivity index (χ1) is 6.69. The average Bonchev–Trinajstić information content (AvgIpc) is 2.14. The maximum atomic E-state index is 5.86. The standard InChI is InChI=1S/C10H20N4/c1-4-6-9-12-8(3)14(11)10(13-9)7-5-2/h10H,4-7,11H2,1-3H3. The van der Waals surface area contributed by atoms with Crippen molar-refractivity contribution in [2.45, 2.75) is 52.6 Å². The molecule has 0 fully saturated rings. The lowest BCUT2D eigenvalue weighted by molar-refractivity contribution is 0.303. The molecule has 0 bridgehead atoms. The molecule has 0 spiro atoms. The first-order valence-corrected chi connectivity index (χ1v) is 5.35. The van der Waals surface area contributed by atoms with E-state index in [1.165, 1.54) is 0 Å². The van der Waals surface area contributed by atoms with Crippen LogP contribution in [0.3, 0.4) is 0 Å². The van der Waals surface area contributed by atoms with E-state index in [0.717, 1.165) is 37.4 Å². The number of nitrogens with zero attached hydrogens (tertiary/aromatic N) is 3. The number of rotatable bonds is 4. The Labute approximate surface area is 85.9 Å². The van der Waals surface area contributed by atoms with Crippen molar-refractivity contribution in [2.24, 2.45) is 15.8 Å². The van der Waals surface area contributed by atoms with Crippen LogP contribution in [0, 0.1) is 0 Å². The van der Waals surface area contributed by atoms with Gasteiger partial charge in [-0.3, -0.25) is 5.01 Å². The van der Waals surface area contributed by atoms with Crippen molar-refractivity contribution in [3.8, 4) is 0 Å². The van der Waals surface area contributed by atoms with Crippen LogP contribution in [0.25, 0.3) is 0 Å². The van der Waals surface area contributed by atoms with Gasteiger partial charge in [-0.2, -0.15) is 0 Å². The second kappa shape index (κ2) is 5.10. The van der Waals surface area contributed by atoms with Crippen molar-refractivity contribution in [2.75, 3.05) is 0 Å². The largest absolute Gasteiger partial charge is 0.274 e. The number of amidine groups is 2. The summed E-state index contributed by atoms with van der Waals surface area (Å²) < 4.78 is 0. The Morgan fingerprint density at radius 2 is 2.07 bits per heavy atom. The summed E-state index contributed by atoms with van der Waals surface area (Å²) in [5.41, 5.74) is 0. The highest BCUT2D eigenvalue weighted by Gasteiger charge is 2.19. The number of aliphatic imine (C=N–C) groups is 2. The molecule has 0 aromatic rings. The highest BCUT2D eigenvalue weighted by atomic mass is 15.5. The number of hydrogen-bond donors (Lipinski definition) is 1. The van der Waals surface area contributed by atoms with Crippen LogP contribution in [-0.2, 0) is 0 Å². The number of nitrogens with two attached hydrogens (primary N) is 1. The summed E-state index contributed by atoms with van der Waals surface area (Å²) >= 11 is 0. The second-order valence-corrected chi connectivity index (χ2v) is 3.63. The van der Waals surface area contributed by atoms with Crippen molar-refractivity contribution in [3.05, 3.63) is 0 Å². The zero-order valence-corrected chi connectivity index (χ0v) is 9.32. The monoisotopic (exact) mass is 196 g/mol. The predicted octanol–water partition coefficient (Wildman–Crippen LogP) is 1.92. The molecule has 1 aliphatic rings. The van der Waals surface area contributed by atoms with E-state index < -0.39 is 0 Å². The van der Waals surface area contributed by atoms with E-state index in [1.54, 1.807) is 5.01 Å². The summed E-state index contributed by atoms with van der Waals surface area (Å²) in [7, 11) is 0. The van der Waals surface area contributed by atoms with Gasteiger partial charge in [-0.05, 0) is 19.8 Å². The molecule has 1 unspecified atom stereocenters. The molecule has 80 valence electrons. The van der Waals surface area contributed by atoms with Crippen molar-refractivity contribution in [1.29, 1.82) is 0 Å². The molecule has 0 amide bonds. The molecule has 2 N–H and O–H groups in total. The van der Waals surface area contributed by atoms with E-state index in [1.807, 2.05) is 6.92 Å². The summed E-state index contributed by atoms with van der Waals surface area (Å²) in [6.45, 7) is 6.22. The average molecular weight is 196 g/mol. The van der Waals surface area contributed by atoms with E-state index in [2.05, 4.69) is 23.8 Å². The van der Waals surface area contributed by atoms with E-state index in [0.29, 0.717) is 0 Å². The molecule has 1 atom stereocenters. The van der Waals surface area contributed by atoms with E-state index in [9.17, 15) is 0 Å². The summed E-state index contributed by atoms with van der Waals surface area (Å²) in [4.78, 5) is 8.88. The SMILES string of the molecule is CCCC1=NC(CCC)N(N)C(C)=N1. The fourth-order valence-corrected chi connectivity index (χ4v) is 1.53. The molecule has 0 radical (unpaired) electrons. The molecule has 0 saturated heterocycles. The normalized spacial score (nSPS) is 22.0. The van der Waals surface area contributed by atoms with Gasteiger partial charge in [0.2, 0.25) is 0 Å². The minimum Gasteiger partial charge on any atom is -0.274 e. The van der Waals surface area contributed by atoms with Crippen LogP contribution >= 0.6 is 0 Å². The van der Waals surface area contributed by atoms with Gasteiger partial charge in [0, 0.05) is 6.42 Å². The van der Waals surface area contributed by atoms with Crippen LogP contribution in [-0.4, -0.2) is 22.8 Å². The lowest BCUT2D eigenvalue weighted by atomic mass is 10.2. The van der Waals surface area contributed by atoms with Gasteiger partial charge >= 0.3 is 0 Å². The molecule has 0 aromatic heterocycles. The maximum absolute atomic E-state index is 5.86. The van der Waals surface area contributed by atoms with Crippen LogP contribution in [0.5, 0.6) is 0 Å². The predicted molar refractivity (Wildman–Crippen MR) is 60.2 cm³/mol. The Morgan fingerprint density at radius 3 is 2.64 bits per heavy atom. The third-order valence-corrected chi connectivity index (χ3v) is 2.30. The minimum atomic E-state index is 0.0963. The molecular weight excluding hydrogens is 176 g/mol. The Bertz CT molecular complexity index is 245. The topological polar surface area (TPSA) is 54.0 Å². The maximum Gasteiger partial charge on any atom is 0.138 e. The second-order valence-electron chi connectivity index (χ2n) is 3.63. The van der Waals surface area contributed by atoms with Gasteiger partial charge in [0.05, 0.1) is 0 Å². The van der Waals surface area contributed by atoms with Crippen molar-refractivity contribution >= 4 is 11.7 Å². The van der Waals surface area contributed by atoms with E-state index in [4.69, 9.17) is 5.84 Å². The zero-order chi connectivity index (χ0) is 10.6. The van der Waals surface area contributed by atoms with E-state index in [-0.39, 0.29) is 6.17 Å². The van der Waals surface area contributed by atoms with Gasteiger partial charge in [-0.15, -0.1) is 0 Å². The fourth-order valence-electron chi connectivity index (χ4n) is 1.53. The van der Waals surface area contributed by atoms with Crippen LogP contribution in [0.1, 0.15) is 46.5 Å². The molecule has 0 saturated carbocycles. The van der Waals surface area contributed by atoms with E-state index >= 15 is 0 Å². The first-order valence-electron chi connectivity index (χ1n) is 5.35.